The van der Waals surface area contributed by atoms with Crippen LogP contribution in [0.25, 0.3) is 49.7 Å². The summed E-state index contributed by atoms with van der Waals surface area (Å²) in [6, 6.07) is 57.5. The maximum absolute atomic E-state index is 9.35. The molecule has 8 aromatic carbocycles. The SMILES string of the molecule is [2H]c1c([2H])c([2H])c(-c2cc(Oc3[c-]c4c(cc3)c3cc(C(C)(C)C)ccc3n4-c3cc(C(C)(c4ccccc4)c4ccccc4)ccn3)[c-]c(N3[CH-]N(c4c(/C5=C/C=C\N/C=C\C=C/[B]5)cc(C(C)(C)C)cc4/C4=C/C=C\N/C=C\C=C/[B]4)c4ccccc43)c2)c([2H])c1[2H].[Pt]. The smallest absolute Gasteiger partial charge is 0.182 e. The van der Waals surface area contributed by atoms with Gasteiger partial charge in [-0.15, -0.1) is 65.6 Å². The van der Waals surface area contributed by atoms with Gasteiger partial charge in [-0.3, -0.25) is 0 Å². The van der Waals surface area contributed by atoms with E-state index in [1.54, 1.807) is 6.07 Å². The normalized spacial score (nSPS) is 18.3. The van der Waals surface area contributed by atoms with E-state index in [4.69, 9.17) is 13.8 Å². The van der Waals surface area contributed by atoms with Crippen molar-refractivity contribution in [2.75, 3.05) is 9.80 Å². The van der Waals surface area contributed by atoms with E-state index >= 15 is 0 Å². The fraction of sp³-hybridized carbons (Fsp3) is 0.125. The van der Waals surface area contributed by atoms with Gasteiger partial charge in [0.25, 0.3) is 0 Å². The minimum atomic E-state index is -0.551. The summed E-state index contributed by atoms with van der Waals surface area (Å²) in [5.74, 6) is 5.37. The maximum Gasteiger partial charge on any atom is 0.182 e. The minimum Gasteiger partial charge on any atom is -0.509 e. The number of fused-ring (bicyclic) bond motifs is 4. The van der Waals surface area contributed by atoms with Crippen LogP contribution in [0.1, 0.15) is 94.3 Å². The average molecular weight is 1350 g/mol. The largest absolute Gasteiger partial charge is 0.509 e. The molecule has 3 aliphatic rings. The third kappa shape index (κ3) is 12.3. The first-order valence-corrected chi connectivity index (χ1v) is 30.1. The van der Waals surface area contributed by atoms with E-state index in [9.17, 15) is 2.74 Å². The van der Waals surface area contributed by atoms with Crippen LogP contribution in [-0.4, -0.2) is 24.1 Å². The second kappa shape index (κ2) is 25.9. The number of allylic oxidation sites excluding steroid dienone is 8. The molecular formula is C80H69B2N6OPt-3. The van der Waals surface area contributed by atoms with Crippen LogP contribution < -0.4 is 25.2 Å². The summed E-state index contributed by atoms with van der Waals surface area (Å²) in [5.41, 5.74) is 13.6. The Hall–Kier alpha value is -9.55. The van der Waals surface area contributed by atoms with E-state index in [1.807, 2.05) is 133 Å². The molecule has 0 bridgehead atoms. The van der Waals surface area contributed by atoms with Crippen LogP contribution in [-0.2, 0) is 37.3 Å². The van der Waals surface area contributed by atoms with E-state index in [2.05, 4.69) is 211 Å². The number of hydrogen-bond donors (Lipinski definition) is 2. The molecule has 0 fully saturated rings. The molecule has 0 saturated heterocycles. The Morgan fingerprint density at radius 1 is 0.522 bits per heavy atom. The quantitative estimate of drug-likeness (QED) is 0.0994. The number of benzene rings is 8. The Balaban J connectivity index is 0.00000864. The van der Waals surface area contributed by atoms with Crippen molar-refractivity contribution in [2.24, 2.45) is 0 Å². The fourth-order valence-electron chi connectivity index (χ4n) is 11.9. The summed E-state index contributed by atoms with van der Waals surface area (Å²) >= 11 is 0. The zero-order chi connectivity index (χ0) is 65.5. The molecule has 10 heteroatoms. The molecule has 3 aliphatic heterocycles. The summed E-state index contributed by atoms with van der Waals surface area (Å²) in [6.07, 6.45) is 25.6. The van der Waals surface area contributed by atoms with E-state index in [1.165, 1.54) is 5.56 Å². The second-order valence-electron chi connectivity index (χ2n) is 24.5. The molecule has 0 saturated carbocycles. The Morgan fingerprint density at radius 3 is 1.74 bits per heavy atom. The van der Waals surface area contributed by atoms with E-state index in [0.29, 0.717) is 22.8 Å². The van der Waals surface area contributed by atoms with Crippen molar-refractivity contribution in [1.82, 2.24) is 20.2 Å². The van der Waals surface area contributed by atoms with Gasteiger partial charge in [-0.25, -0.2) is 4.98 Å². The number of ether oxygens (including phenoxy) is 1. The summed E-state index contributed by atoms with van der Waals surface area (Å²) in [4.78, 5) is 9.38. The molecule has 2 radical (unpaired) electrons. The summed E-state index contributed by atoms with van der Waals surface area (Å²) in [7, 11) is 4.27. The fourth-order valence-corrected chi connectivity index (χ4v) is 11.9. The van der Waals surface area contributed by atoms with Crippen molar-refractivity contribution >= 4 is 70.1 Å². The van der Waals surface area contributed by atoms with Crippen molar-refractivity contribution in [2.45, 2.75) is 64.7 Å². The first kappa shape index (κ1) is 54.6. The van der Waals surface area contributed by atoms with Gasteiger partial charge in [-0.05, 0) is 134 Å². The topological polar surface area (TPSA) is 57.6 Å². The molecule has 10 aromatic rings. The van der Waals surface area contributed by atoms with Crippen LogP contribution in [0.15, 0.2) is 273 Å². The molecule has 444 valence electrons. The first-order valence-electron chi connectivity index (χ1n) is 32.6. The predicted octanol–water partition coefficient (Wildman–Crippen LogP) is 19.0. The minimum absolute atomic E-state index is 0. The van der Waals surface area contributed by atoms with Gasteiger partial charge in [0.1, 0.15) is 5.82 Å². The number of pyridine rings is 1. The molecular weight excluding hydrogens is 1280 g/mol. The summed E-state index contributed by atoms with van der Waals surface area (Å²) in [6.45, 7) is 17.7. The molecule has 0 amide bonds. The molecule has 0 spiro atoms. The van der Waals surface area contributed by atoms with Gasteiger partial charge in [-0.2, -0.15) is 6.07 Å². The Labute approximate surface area is 553 Å². The third-order valence-corrected chi connectivity index (χ3v) is 16.7. The van der Waals surface area contributed by atoms with Crippen molar-refractivity contribution < 1.29 is 32.7 Å². The van der Waals surface area contributed by atoms with Crippen molar-refractivity contribution in [3.63, 3.8) is 0 Å². The zero-order valence-corrected chi connectivity index (χ0v) is 53.6. The zero-order valence-electron chi connectivity index (χ0n) is 56.3. The van der Waals surface area contributed by atoms with Crippen LogP contribution in [0.3, 0.4) is 0 Å². The van der Waals surface area contributed by atoms with Gasteiger partial charge in [0.2, 0.25) is 0 Å². The molecule has 0 atom stereocenters. The number of nitrogens with one attached hydrogen (secondary N) is 2. The van der Waals surface area contributed by atoms with Crippen LogP contribution in [0, 0.1) is 18.8 Å². The van der Waals surface area contributed by atoms with Crippen molar-refractivity contribution in [3.8, 4) is 28.4 Å². The molecule has 7 nitrogen and oxygen atoms in total. The molecule has 2 N–H and O–H groups in total. The number of hydrogen-bond acceptors (Lipinski definition) is 6. The van der Waals surface area contributed by atoms with Crippen LogP contribution in [0.4, 0.5) is 22.7 Å². The van der Waals surface area contributed by atoms with Crippen LogP contribution in [0.2, 0.25) is 0 Å². The third-order valence-electron chi connectivity index (χ3n) is 16.7. The first-order chi connectivity index (χ1) is 45.4. The Bertz CT molecular complexity index is 4720. The molecule has 0 unspecified atom stereocenters. The van der Waals surface area contributed by atoms with Gasteiger partial charge >= 0.3 is 0 Å². The van der Waals surface area contributed by atoms with Crippen LogP contribution >= 0.6 is 0 Å². The van der Waals surface area contributed by atoms with Crippen molar-refractivity contribution in [1.29, 1.82) is 0 Å². The Kier molecular flexibility index (Phi) is 15.7. The number of para-hydroxylation sites is 2. The molecule has 5 heterocycles. The number of anilines is 4. The van der Waals surface area contributed by atoms with Gasteiger partial charge in [0.15, 0.2) is 14.6 Å². The number of aromatic nitrogens is 2. The van der Waals surface area contributed by atoms with Crippen molar-refractivity contribution in [3.05, 3.63) is 331 Å². The molecule has 13 rings (SSSR count). The standard InChI is InChI=1S/C80H69B2N6O.Pt/c1-78(2,3)60-35-38-72-67(49-60)66-37-36-64(54-75(66)88(72)76-52-61(39-46-85-76)80(7,58-27-13-9-14-28-58)59-29-15-10-16-30-59)89-65-48-57(56-25-11-8-12-26-56)47-63(53-65)86-55-87(74-34-18-17-33-73(74)86)77-68(70-31-23-44-83-42-21-19-40-81-70)50-62(79(4,5)6)51-69(77)71-32-24-45-84-43-22-20-41-82-71;/h8-52,55,83-84H,1-7H3;/q-3;/b40-19-,41-20-,42-21-,43-22-,44-23-,45-24-,70-31-,71-32-;/i8D,11D,12D,25D,26D;. The van der Waals surface area contributed by atoms with Gasteiger partial charge in [0, 0.05) is 91.6 Å². The molecule has 0 aliphatic carbocycles. The molecule has 90 heavy (non-hydrogen) atoms. The maximum atomic E-state index is 9.35. The van der Waals surface area contributed by atoms with Crippen LogP contribution in [0.5, 0.6) is 11.5 Å². The average Bonchev–Trinajstić information content (AvgIpc) is 1.65. The predicted molar refractivity (Wildman–Crippen MR) is 374 cm³/mol. The van der Waals surface area contributed by atoms with Gasteiger partial charge < -0.3 is 29.7 Å². The van der Waals surface area contributed by atoms with E-state index in [0.717, 1.165) is 83.2 Å². The Morgan fingerprint density at radius 2 is 1.12 bits per heavy atom. The van der Waals surface area contributed by atoms with Gasteiger partial charge in [0.05, 0.1) is 6.85 Å². The molecule has 2 aromatic heterocycles. The second-order valence-corrected chi connectivity index (χ2v) is 24.5. The van der Waals surface area contributed by atoms with E-state index in [-0.39, 0.29) is 55.3 Å². The summed E-state index contributed by atoms with van der Waals surface area (Å²) < 4.78 is 54.3. The number of rotatable bonds is 11. The van der Waals surface area contributed by atoms with Gasteiger partial charge in [-0.1, -0.05) is 197 Å². The monoisotopic (exact) mass is 1350 g/mol. The van der Waals surface area contributed by atoms with E-state index < -0.39 is 23.5 Å². The number of nitrogens with zero attached hydrogens (tertiary/aromatic N) is 4. The summed E-state index contributed by atoms with van der Waals surface area (Å²) in [5, 5.41) is 8.47.